The van der Waals surface area contributed by atoms with Crippen LogP contribution in [0.3, 0.4) is 0 Å². The molecule has 1 rings (SSSR count). The molecule has 2 heteroatoms. The third-order valence-corrected chi connectivity index (χ3v) is 3.40. The van der Waals surface area contributed by atoms with Gasteiger partial charge in [0.05, 0.1) is 6.10 Å². The van der Waals surface area contributed by atoms with Crippen molar-refractivity contribution in [2.24, 2.45) is 0 Å². The molecule has 0 saturated carbocycles. The fourth-order valence-corrected chi connectivity index (χ4v) is 2.32. The smallest absolute Gasteiger partial charge is 0.0671 e. The molecular weight excluding hydrogens is 234 g/mol. The highest BCUT2D eigenvalue weighted by Crippen LogP contribution is 2.19. The van der Waals surface area contributed by atoms with Crippen LogP contribution in [0, 0.1) is 0 Å². The number of nitrogens with one attached hydrogen (secondary N) is 1. The lowest BCUT2D eigenvalue weighted by molar-refractivity contribution is 0.0736. The van der Waals surface area contributed by atoms with Crippen LogP contribution < -0.4 is 5.32 Å². The predicted octanol–water partition coefficient (Wildman–Crippen LogP) is 4.32. The summed E-state index contributed by atoms with van der Waals surface area (Å²) in [6, 6.07) is 11.2. The molecule has 0 fully saturated rings. The first kappa shape index (κ1) is 16.2. The molecular formula is C17H29NO. The summed E-state index contributed by atoms with van der Waals surface area (Å²) in [5.74, 6) is 0. The Morgan fingerprint density at radius 2 is 1.84 bits per heavy atom. The number of unbranched alkanes of at least 4 members (excludes halogenated alkanes) is 2. The molecule has 0 aromatic heterocycles. The molecule has 2 nitrogen and oxygen atoms in total. The summed E-state index contributed by atoms with van der Waals surface area (Å²) in [6.45, 7) is 8.13. The Bertz CT molecular complexity index is 312. The summed E-state index contributed by atoms with van der Waals surface area (Å²) >= 11 is 0. The molecule has 0 aliphatic carbocycles. The van der Waals surface area contributed by atoms with Gasteiger partial charge >= 0.3 is 0 Å². The van der Waals surface area contributed by atoms with Crippen LogP contribution in [0.2, 0.25) is 0 Å². The summed E-state index contributed by atoms with van der Waals surface area (Å²) in [4.78, 5) is 0. The van der Waals surface area contributed by atoms with Crippen molar-refractivity contribution in [2.45, 2.75) is 58.6 Å². The maximum absolute atomic E-state index is 5.59. The molecule has 1 aromatic rings. The van der Waals surface area contributed by atoms with Gasteiger partial charge in [-0.3, -0.25) is 0 Å². The maximum Gasteiger partial charge on any atom is 0.0671 e. The molecule has 2 atom stereocenters. The van der Waals surface area contributed by atoms with Crippen LogP contribution in [0.4, 0.5) is 0 Å². The van der Waals surface area contributed by atoms with Gasteiger partial charge < -0.3 is 10.1 Å². The van der Waals surface area contributed by atoms with Gasteiger partial charge in [0.1, 0.15) is 0 Å². The molecule has 2 unspecified atom stereocenters. The van der Waals surface area contributed by atoms with Crippen molar-refractivity contribution in [1.82, 2.24) is 5.32 Å². The molecule has 1 aromatic carbocycles. The quantitative estimate of drug-likeness (QED) is 0.635. The summed E-state index contributed by atoms with van der Waals surface area (Å²) in [5, 5.41) is 3.65. The molecule has 0 amide bonds. The van der Waals surface area contributed by atoms with Crippen LogP contribution in [-0.2, 0) is 4.74 Å². The Morgan fingerprint density at radius 3 is 2.47 bits per heavy atom. The Morgan fingerprint density at radius 1 is 1.11 bits per heavy atom. The van der Waals surface area contributed by atoms with Gasteiger partial charge in [0.15, 0.2) is 0 Å². The third-order valence-electron chi connectivity index (χ3n) is 3.40. The van der Waals surface area contributed by atoms with Gasteiger partial charge in [0.2, 0.25) is 0 Å². The fraction of sp³-hybridized carbons (Fsp3) is 0.647. The summed E-state index contributed by atoms with van der Waals surface area (Å²) in [6.07, 6.45) is 5.36. The van der Waals surface area contributed by atoms with E-state index in [1.54, 1.807) is 0 Å². The number of hydrogen-bond donors (Lipinski definition) is 1. The lowest BCUT2D eigenvalue weighted by atomic mass is 10.0. The molecule has 108 valence electrons. The van der Waals surface area contributed by atoms with E-state index >= 15 is 0 Å². The Labute approximate surface area is 118 Å². The van der Waals surface area contributed by atoms with Crippen molar-refractivity contribution >= 4 is 0 Å². The van der Waals surface area contributed by atoms with E-state index in [0.29, 0.717) is 6.04 Å². The molecule has 0 spiro atoms. The topological polar surface area (TPSA) is 21.3 Å². The number of hydrogen-bond acceptors (Lipinski definition) is 2. The van der Waals surface area contributed by atoms with Gasteiger partial charge in [-0.25, -0.2) is 0 Å². The fourth-order valence-electron chi connectivity index (χ4n) is 2.32. The van der Waals surface area contributed by atoms with Crippen LogP contribution in [0.15, 0.2) is 30.3 Å². The summed E-state index contributed by atoms with van der Waals surface area (Å²) < 4.78 is 5.59. The van der Waals surface area contributed by atoms with Crippen molar-refractivity contribution in [2.75, 3.05) is 13.2 Å². The SMILES string of the molecule is CCCCCC(NCC(C)OCC)c1ccccc1. The number of benzene rings is 1. The Hall–Kier alpha value is -0.860. The second kappa shape index (κ2) is 9.99. The van der Waals surface area contributed by atoms with Crippen LogP contribution in [0.1, 0.15) is 58.1 Å². The zero-order valence-corrected chi connectivity index (χ0v) is 12.7. The van der Waals surface area contributed by atoms with Crippen LogP contribution in [-0.4, -0.2) is 19.3 Å². The van der Waals surface area contributed by atoms with Crippen molar-refractivity contribution in [3.8, 4) is 0 Å². The van der Waals surface area contributed by atoms with Gasteiger partial charge in [-0.15, -0.1) is 0 Å². The monoisotopic (exact) mass is 263 g/mol. The third kappa shape index (κ3) is 6.74. The Balaban J connectivity index is 2.49. The molecule has 0 heterocycles. The zero-order chi connectivity index (χ0) is 13.9. The number of rotatable bonds is 10. The molecule has 0 bridgehead atoms. The number of ether oxygens (including phenoxy) is 1. The predicted molar refractivity (Wildman–Crippen MR) is 82.4 cm³/mol. The summed E-state index contributed by atoms with van der Waals surface area (Å²) in [7, 11) is 0. The van der Waals surface area contributed by atoms with Crippen LogP contribution in [0.25, 0.3) is 0 Å². The average molecular weight is 263 g/mol. The van der Waals surface area contributed by atoms with Crippen LogP contribution in [0.5, 0.6) is 0 Å². The van der Waals surface area contributed by atoms with Crippen molar-refractivity contribution < 1.29 is 4.74 Å². The first-order valence-electron chi connectivity index (χ1n) is 7.67. The van der Waals surface area contributed by atoms with Gasteiger partial charge in [0.25, 0.3) is 0 Å². The first-order valence-corrected chi connectivity index (χ1v) is 7.67. The van der Waals surface area contributed by atoms with E-state index in [4.69, 9.17) is 4.74 Å². The highest BCUT2D eigenvalue weighted by molar-refractivity contribution is 5.18. The van der Waals surface area contributed by atoms with E-state index in [1.165, 1.54) is 31.2 Å². The lowest BCUT2D eigenvalue weighted by Crippen LogP contribution is -2.30. The van der Waals surface area contributed by atoms with Crippen molar-refractivity contribution in [3.63, 3.8) is 0 Å². The molecule has 0 saturated heterocycles. The Kier molecular flexibility index (Phi) is 8.52. The van der Waals surface area contributed by atoms with Gasteiger partial charge in [-0.2, -0.15) is 0 Å². The minimum atomic E-state index is 0.280. The summed E-state index contributed by atoms with van der Waals surface area (Å²) in [5.41, 5.74) is 1.39. The van der Waals surface area contributed by atoms with E-state index in [1.807, 2.05) is 6.92 Å². The highest BCUT2D eigenvalue weighted by atomic mass is 16.5. The first-order chi connectivity index (χ1) is 9.27. The minimum absolute atomic E-state index is 0.280. The van der Waals surface area contributed by atoms with E-state index in [0.717, 1.165) is 13.2 Å². The standard InChI is InChI=1S/C17H29NO/c1-4-6-8-13-17(16-11-9-7-10-12-16)18-14-15(3)19-5-2/h7,9-12,15,17-18H,4-6,8,13-14H2,1-3H3. The normalized spacial score (nSPS) is 14.3. The van der Waals surface area contributed by atoms with Gasteiger partial charge in [0, 0.05) is 19.2 Å². The van der Waals surface area contributed by atoms with E-state index in [2.05, 4.69) is 49.5 Å². The molecule has 1 N–H and O–H groups in total. The largest absolute Gasteiger partial charge is 0.377 e. The second-order valence-electron chi connectivity index (χ2n) is 5.13. The lowest BCUT2D eigenvalue weighted by Gasteiger charge is -2.22. The van der Waals surface area contributed by atoms with Gasteiger partial charge in [-0.1, -0.05) is 56.5 Å². The molecule has 0 radical (unpaired) electrons. The van der Waals surface area contributed by atoms with E-state index in [9.17, 15) is 0 Å². The molecule has 19 heavy (non-hydrogen) atoms. The average Bonchev–Trinajstić information content (AvgIpc) is 2.44. The highest BCUT2D eigenvalue weighted by Gasteiger charge is 2.11. The second-order valence-corrected chi connectivity index (χ2v) is 5.13. The minimum Gasteiger partial charge on any atom is -0.377 e. The molecule has 0 aliphatic rings. The van der Waals surface area contributed by atoms with Crippen molar-refractivity contribution in [3.05, 3.63) is 35.9 Å². The maximum atomic E-state index is 5.59. The van der Waals surface area contributed by atoms with E-state index < -0.39 is 0 Å². The van der Waals surface area contributed by atoms with Crippen molar-refractivity contribution in [1.29, 1.82) is 0 Å². The van der Waals surface area contributed by atoms with Crippen LogP contribution >= 0.6 is 0 Å². The zero-order valence-electron chi connectivity index (χ0n) is 12.7. The van der Waals surface area contributed by atoms with E-state index in [-0.39, 0.29) is 6.10 Å². The molecule has 0 aliphatic heterocycles. The van der Waals surface area contributed by atoms with Gasteiger partial charge in [-0.05, 0) is 25.8 Å².